The van der Waals surface area contributed by atoms with E-state index in [1.54, 1.807) is 5.38 Å². The van der Waals surface area contributed by atoms with Gasteiger partial charge in [0.25, 0.3) is 5.91 Å². The van der Waals surface area contributed by atoms with Crippen LogP contribution in [-0.2, 0) is 0 Å². The molecule has 0 bridgehead atoms. The number of aromatic nitrogens is 2. The normalized spacial score (nSPS) is 26.2. The first-order chi connectivity index (χ1) is 7.27. The summed E-state index contributed by atoms with van der Waals surface area (Å²) in [6.45, 7) is 0. The SMILES string of the molecule is O=C(NC1CCCCC1Br)c1csnn1. The molecule has 1 fully saturated rings. The number of halogens is 1. The topological polar surface area (TPSA) is 54.9 Å². The number of carbonyl (C=O) groups excluding carboxylic acids is 1. The van der Waals surface area contributed by atoms with Crippen molar-refractivity contribution in [3.8, 4) is 0 Å². The summed E-state index contributed by atoms with van der Waals surface area (Å²) in [6.07, 6.45) is 4.59. The monoisotopic (exact) mass is 289 g/mol. The van der Waals surface area contributed by atoms with E-state index in [0.717, 1.165) is 12.8 Å². The first-order valence-electron chi connectivity index (χ1n) is 4.99. The fourth-order valence-electron chi connectivity index (χ4n) is 1.75. The fourth-order valence-corrected chi connectivity index (χ4v) is 2.91. The molecule has 0 radical (unpaired) electrons. The number of hydrogen-bond donors (Lipinski definition) is 1. The molecule has 1 aliphatic carbocycles. The van der Waals surface area contributed by atoms with Crippen LogP contribution in [0.2, 0.25) is 0 Å². The van der Waals surface area contributed by atoms with Crippen LogP contribution in [-0.4, -0.2) is 26.4 Å². The van der Waals surface area contributed by atoms with Gasteiger partial charge in [-0.3, -0.25) is 4.79 Å². The molecule has 1 N–H and O–H groups in total. The molecule has 1 aromatic rings. The Balaban J connectivity index is 1.93. The van der Waals surface area contributed by atoms with Gasteiger partial charge in [-0.1, -0.05) is 33.3 Å². The van der Waals surface area contributed by atoms with Crippen LogP contribution in [0.5, 0.6) is 0 Å². The summed E-state index contributed by atoms with van der Waals surface area (Å²) in [5, 5.41) is 8.41. The van der Waals surface area contributed by atoms with Crippen LogP contribution in [0.15, 0.2) is 5.38 Å². The smallest absolute Gasteiger partial charge is 0.272 e. The molecule has 6 heteroatoms. The minimum absolute atomic E-state index is 0.111. The summed E-state index contributed by atoms with van der Waals surface area (Å²) < 4.78 is 3.67. The number of nitrogens with one attached hydrogen (secondary N) is 1. The third kappa shape index (κ3) is 2.75. The standard InChI is InChI=1S/C9H12BrN3OS/c10-6-3-1-2-4-7(6)11-9(14)8-5-15-13-12-8/h5-7H,1-4H2,(H,11,14). The van der Waals surface area contributed by atoms with Crippen LogP contribution in [0.25, 0.3) is 0 Å². The first kappa shape index (κ1) is 11.0. The highest BCUT2D eigenvalue weighted by atomic mass is 79.9. The molecule has 2 atom stereocenters. The molecule has 1 amide bonds. The highest BCUT2D eigenvalue weighted by molar-refractivity contribution is 9.09. The Hall–Kier alpha value is -0.490. The maximum Gasteiger partial charge on any atom is 0.272 e. The lowest BCUT2D eigenvalue weighted by molar-refractivity contribution is 0.0925. The zero-order chi connectivity index (χ0) is 10.7. The third-order valence-electron chi connectivity index (χ3n) is 2.59. The van der Waals surface area contributed by atoms with Crippen molar-refractivity contribution in [1.82, 2.24) is 14.9 Å². The summed E-state index contributed by atoms with van der Waals surface area (Å²) in [6, 6.07) is 0.230. The molecule has 2 unspecified atom stereocenters. The van der Waals surface area contributed by atoms with E-state index in [1.807, 2.05) is 0 Å². The van der Waals surface area contributed by atoms with E-state index in [2.05, 4.69) is 30.8 Å². The van der Waals surface area contributed by atoms with Gasteiger partial charge in [0.1, 0.15) is 0 Å². The Bertz CT molecular complexity index is 330. The van der Waals surface area contributed by atoms with Gasteiger partial charge < -0.3 is 5.32 Å². The Morgan fingerprint density at radius 2 is 2.33 bits per heavy atom. The molecule has 0 aromatic carbocycles. The highest BCUT2D eigenvalue weighted by Gasteiger charge is 2.25. The third-order valence-corrected chi connectivity index (χ3v) is 4.19. The number of rotatable bonds is 2. The number of alkyl halides is 1. The zero-order valence-corrected chi connectivity index (χ0v) is 10.6. The van der Waals surface area contributed by atoms with Crippen molar-refractivity contribution in [2.45, 2.75) is 36.6 Å². The Morgan fingerprint density at radius 3 is 3.00 bits per heavy atom. The second kappa shape index (κ2) is 5.03. The van der Waals surface area contributed by atoms with Gasteiger partial charge in [-0.05, 0) is 24.4 Å². The van der Waals surface area contributed by atoms with Crippen LogP contribution in [0, 0.1) is 0 Å². The fraction of sp³-hybridized carbons (Fsp3) is 0.667. The van der Waals surface area contributed by atoms with E-state index in [1.165, 1.54) is 24.4 Å². The van der Waals surface area contributed by atoms with Gasteiger partial charge in [0.2, 0.25) is 0 Å². The van der Waals surface area contributed by atoms with E-state index >= 15 is 0 Å². The van der Waals surface area contributed by atoms with Crippen molar-refractivity contribution in [3.63, 3.8) is 0 Å². The van der Waals surface area contributed by atoms with Crippen molar-refractivity contribution in [1.29, 1.82) is 0 Å². The maximum atomic E-state index is 11.7. The van der Waals surface area contributed by atoms with Gasteiger partial charge in [0, 0.05) is 16.2 Å². The van der Waals surface area contributed by atoms with Gasteiger partial charge >= 0.3 is 0 Å². The summed E-state index contributed by atoms with van der Waals surface area (Å²) >= 11 is 4.80. The lowest BCUT2D eigenvalue weighted by atomic mass is 9.95. The lowest BCUT2D eigenvalue weighted by Crippen LogP contribution is -2.42. The lowest BCUT2D eigenvalue weighted by Gasteiger charge is -2.27. The average molecular weight is 290 g/mol. The first-order valence-corrected chi connectivity index (χ1v) is 6.74. The average Bonchev–Trinajstić information content (AvgIpc) is 2.74. The van der Waals surface area contributed by atoms with Crippen molar-refractivity contribution >= 4 is 33.4 Å². The summed E-state index contributed by atoms with van der Waals surface area (Å²) in [7, 11) is 0. The predicted molar refractivity (Wildman–Crippen MR) is 62.3 cm³/mol. The van der Waals surface area contributed by atoms with Crippen molar-refractivity contribution < 1.29 is 4.79 Å². The maximum absolute atomic E-state index is 11.7. The van der Waals surface area contributed by atoms with Crippen LogP contribution in [0.3, 0.4) is 0 Å². The predicted octanol–water partition coefficient (Wildman–Crippen LogP) is 1.97. The van der Waals surface area contributed by atoms with Crippen LogP contribution in [0.1, 0.15) is 36.2 Å². The van der Waals surface area contributed by atoms with Crippen molar-refractivity contribution in [3.05, 3.63) is 11.1 Å². The molecule has 1 saturated carbocycles. The zero-order valence-electron chi connectivity index (χ0n) is 8.15. The Morgan fingerprint density at radius 1 is 1.53 bits per heavy atom. The van der Waals surface area contributed by atoms with Crippen LogP contribution in [0.4, 0.5) is 0 Å². The molecule has 4 nitrogen and oxygen atoms in total. The molecule has 15 heavy (non-hydrogen) atoms. The molecule has 0 saturated heterocycles. The molecular weight excluding hydrogens is 278 g/mol. The molecule has 1 heterocycles. The molecule has 0 spiro atoms. The largest absolute Gasteiger partial charge is 0.347 e. The quantitative estimate of drug-likeness (QED) is 0.847. The molecule has 82 valence electrons. The van der Waals surface area contributed by atoms with Gasteiger partial charge in [0.15, 0.2) is 5.69 Å². The number of nitrogens with zero attached hydrogens (tertiary/aromatic N) is 2. The molecular formula is C9H12BrN3OS. The van der Waals surface area contributed by atoms with E-state index in [-0.39, 0.29) is 11.9 Å². The van der Waals surface area contributed by atoms with Crippen LogP contribution < -0.4 is 5.32 Å². The van der Waals surface area contributed by atoms with E-state index in [0.29, 0.717) is 10.5 Å². The van der Waals surface area contributed by atoms with Gasteiger partial charge in [-0.15, -0.1) is 5.10 Å². The number of carbonyl (C=O) groups is 1. The van der Waals surface area contributed by atoms with E-state index in [9.17, 15) is 4.79 Å². The van der Waals surface area contributed by atoms with Crippen molar-refractivity contribution in [2.75, 3.05) is 0 Å². The Labute approximate surface area is 101 Å². The second-order valence-corrected chi connectivity index (χ2v) is 5.46. The molecule has 0 aliphatic heterocycles. The van der Waals surface area contributed by atoms with Gasteiger partial charge in [0.05, 0.1) is 0 Å². The van der Waals surface area contributed by atoms with Crippen LogP contribution >= 0.6 is 27.5 Å². The van der Waals surface area contributed by atoms with E-state index < -0.39 is 0 Å². The number of hydrogen-bond acceptors (Lipinski definition) is 4. The highest BCUT2D eigenvalue weighted by Crippen LogP contribution is 2.24. The molecule has 1 aliphatic rings. The van der Waals surface area contributed by atoms with E-state index in [4.69, 9.17) is 0 Å². The second-order valence-electron chi connectivity index (χ2n) is 3.67. The Kier molecular flexibility index (Phi) is 3.69. The minimum atomic E-state index is -0.111. The summed E-state index contributed by atoms with van der Waals surface area (Å²) in [5.74, 6) is -0.111. The summed E-state index contributed by atoms with van der Waals surface area (Å²) in [4.78, 5) is 12.1. The van der Waals surface area contributed by atoms with Gasteiger partial charge in [-0.25, -0.2) is 0 Å². The number of amides is 1. The van der Waals surface area contributed by atoms with Crippen molar-refractivity contribution in [2.24, 2.45) is 0 Å². The molecule has 1 aromatic heterocycles. The summed E-state index contributed by atoms with van der Waals surface area (Å²) in [5.41, 5.74) is 0.422. The minimum Gasteiger partial charge on any atom is -0.347 e. The molecule has 2 rings (SSSR count). The van der Waals surface area contributed by atoms with Gasteiger partial charge in [-0.2, -0.15) is 0 Å².